The summed E-state index contributed by atoms with van der Waals surface area (Å²) in [6, 6.07) is 9.11. The number of nitrogens with one attached hydrogen (secondary N) is 1. The standard InChI is InChI=1S/C15H25NOS/c1-4-9-16-14(11-17-5-2)12-18-15-8-6-7-13(3)10-15/h6-8,10,14,16H,4-5,9,11-12H2,1-3H3. The lowest BCUT2D eigenvalue weighted by molar-refractivity contribution is 0.128. The third kappa shape index (κ3) is 6.43. The third-order valence-electron chi connectivity index (χ3n) is 2.65. The van der Waals surface area contributed by atoms with Crippen LogP contribution < -0.4 is 5.32 Å². The van der Waals surface area contributed by atoms with E-state index in [4.69, 9.17) is 4.74 Å². The van der Waals surface area contributed by atoms with E-state index in [1.54, 1.807) is 0 Å². The van der Waals surface area contributed by atoms with Crippen molar-refractivity contribution in [2.24, 2.45) is 0 Å². The lowest BCUT2D eigenvalue weighted by atomic mass is 10.2. The molecule has 0 radical (unpaired) electrons. The molecule has 1 aromatic carbocycles. The van der Waals surface area contributed by atoms with E-state index in [1.807, 2.05) is 18.7 Å². The Bertz CT molecular complexity index is 322. The first-order chi connectivity index (χ1) is 8.76. The summed E-state index contributed by atoms with van der Waals surface area (Å²) in [6.07, 6.45) is 1.16. The molecule has 0 fully saturated rings. The molecule has 102 valence electrons. The highest BCUT2D eigenvalue weighted by molar-refractivity contribution is 7.99. The van der Waals surface area contributed by atoms with Crippen LogP contribution in [0.1, 0.15) is 25.8 Å². The van der Waals surface area contributed by atoms with E-state index >= 15 is 0 Å². The molecule has 0 aromatic heterocycles. The second-order valence-electron chi connectivity index (χ2n) is 4.44. The van der Waals surface area contributed by atoms with Gasteiger partial charge in [-0.1, -0.05) is 24.6 Å². The molecule has 1 rings (SSSR count). The average molecular weight is 267 g/mol. The van der Waals surface area contributed by atoms with Crippen LogP contribution in [-0.2, 0) is 4.74 Å². The summed E-state index contributed by atoms with van der Waals surface area (Å²) in [5.41, 5.74) is 1.32. The van der Waals surface area contributed by atoms with E-state index in [9.17, 15) is 0 Å². The van der Waals surface area contributed by atoms with Gasteiger partial charge in [0.05, 0.1) is 6.61 Å². The van der Waals surface area contributed by atoms with Crippen LogP contribution >= 0.6 is 11.8 Å². The number of benzene rings is 1. The van der Waals surface area contributed by atoms with Crippen molar-refractivity contribution in [2.75, 3.05) is 25.5 Å². The van der Waals surface area contributed by atoms with Crippen molar-refractivity contribution in [3.63, 3.8) is 0 Å². The fourth-order valence-electron chi connectivity index (χ4n) is 1.68. The summed E-state index contributed by atoms with van der Waals surface area (Å²) in [6.45, 7) is 9.03. The average Bonchev–Trinajstić information content (AvgIpc) is 2.38. The molecule has 2 nitrogen and oxygen atoms in total. The van der Waals surface area contributed by atoms with Gasteiger partial charge in [0.1, 0.15) is 0 Å². The summed E-state index contributed by atoms with van der Waals surface area (Å²) in [7, 11) is 0. The Balaban J connectivity index is 2.39. The highest BCUT2D eigenvalue weighted by Gasteiger charge is 2.08. The fraction of sp³-hybridized carbons (Fsp3) is 0.600. The minimum absolute atomic E-state index is 0.440. The number of ether oxygens (including phenoxy) is 1. The normalized spacial score (nSPS) is 12.6. The molecule has 1 unspecified atom stereocenters. The predicted octanol–water partition coefficient (Wildman–Crippen LogP) is 3.49. The Kier molecular flexibility index (Phi) is 8.14. The lowest BCUT2D eigenvalue weighted by Gasteiger charge is -2.18. The second kappa shape index (κ2) is 9.42. The largest absolute Gasteiger partial charge is 0.380 e. The summed E-state index contributed by atoms with van der Waals surface area (Å²) < 4.78 is 5.53. The molecule has 0 aliphatic rings. The van der Waals surface area contributed by atoms with Gasteiger partial charge in [-0.15, -0.1) is 11.8 Å². The molecule has 1 N–H and O–H groups in total. The summed E-state index contributed by atoms with van der Waals surface area (Å²) in [4.78, 5) is 1.34. The Morgan fingerprint density at radius 3 is 2.83 bits per heavy atom. The van der Waals surface area contributed by atoms with Crippen LogP contribution in [0.2, 0.25) is 0 Å². The molecule has 0 spiro atoms. The first-order valence-corrected chi connectivity index (χ1v) is 7.75. The van der Waals surface area contributed by atoms with Crippen LogP contribution in [0.5, 0.6) is 0 Å². The summed E-state index contributed by atoms with van der Waals surface area (Å²) >= 11 is 1.90. The van der Waals surface area contributed by atoms with Gasteiger partial charge in [0, 0.05) is 23.3 Å². The number of aryl methyl sites for hydroxylation is 1. The zero-order valence-corrected chi connectivity index (χ0v) is 12.6. The highest BCUT2D eigenvalue weighted by Crippen LogP contribution is 2.19. The first kappa shape index (κ1) is 15.5. The number of thioether (sulfide) groups is 1. The van der Waals surface area contributed by atoms with Crippen molar-refractivity contribution < 1.29 is 4.74 Å². The quantitative estimate of drug-likeness (QED) is 0.692. The van der Waals surface area contributed by atoms with Crippen molar-refractivity contribution in [2.45, 2.75) is 38.1 Å². The number of rotatable bonds is 9. The monoisotopic (exact) mass is 267 g/mol. The van der Waals surface area contributed by atoms with Gasteiger partial charge in [0.25, 0.3) is 0 Å². The number of hydrogen-bond donors (Lipinski definition) is 1. The van der Waals surface area contributed by atoms with Crippen molar-refractivity contribution in [3.05, 3.63) is 29.8 Å². The van der Waals surface area contributed by atoms with Crippen LogP contribution in [0.25, 0.3) is 0 Å². The molecule has 0 aliphatic carbocycles. The SMILES string of the molecule is CCCNC(COCC)CSc1cccc(C)c1. The maximum Gasteiger partial charge on any atom is 0.0627 e. The molecule has 0 heterocycles. The van der Waals surface area contributed by atoms with Gasteiger partial charge in [0.15, 0.2) is 0 Å². The molecule has 0 aliphatic heterocycles. The van der Waals surface area contributed by atoms with Crippen LogP contribution in [0, 0.1) is 6.92 Å². The van der Waals surface area contributed by atoms with Gasteiger partial charge in [-0.2, -0.15) is 0 Å². The van der Waals surface area contributed by atoms with Crippen molar-refractivity contribution in [3.8, 4) is 0 Å². The molecule has 18 heavy (non-hydrogen) atoms. The highest BCUT2D eigenvalue weighted by atomic mass is 32.2. The van der Waals surface area contributed by atoms with E-state index in [0.717, 1.165) is 31.9 Å². The third-order valence-corrected chi connectivity index (χ3v) is 3.80. The predicted molar refractivity (Wildman–Crippen MR) is 80.5 cm³/mol. The van der Waals surface area contributed by atoms with Gasteiger partial charge in [-0.3, -0.25) is 0 Å². The number of hydrogen-bond acceptors (Lipinski definition) is 3. The van der Waals surface area contributed by atoms with Gasteiger partial charge in [-0.25, -0.2) is 0 Å². The van der Waals surface area contributed by atoms with Crippen LogP contribution in [-0.4, -0.2) is 31.6 Å². The molecule has 1 atom stereocenters. The van der Waals surface area contributed by atoms with E-state index in [1.165, 1.54) is 10.5 Å². The Morgan fingerprint density at radius 2 is 2.17 bits per heavy atom. The van der Waals surface area contributed by atoms with Gasteiger partial charge in [-0.05, 0) is 38.9 Å². The minimum Gasteiger partial charge on any atom is -0.380 e. The molecule has 0 saturated heterocycles. The van der Waals surface area contributed by atoms with E-state index in [0.29, 0.717) is 6.04 Å². The van der Waals surface area contributed by atoms with E-state index in [-0.39, 0.29) is 0 Å². The summed E-state index contributed by atoms with van der Waals surface area (Å²) in [5.74, 6) is 1.06. The van der Waals surface area contributed by atoms with Crippen LogP contribution in [0.4, 0.5) is 0 Å². The van der Waals surface area contributed by atoms with Crippen molar-refractivity contribution in [1.29, 1.82) is 0 Å². The minimum atomic E-state index is 0.440. The Labute approximate surface area is 116 Å². The molecule has 0 saturated carbocycles. The lowest BCUT2D eigenvalue weighted by Crippen LogP contribution is -2.36. The zero-order chi connectivity index (χ0) is 13.2. The summed E-state index contributed by atoms with van der Waals surface area (Å²) in [5, 5.41) is 3.54. The van der Waals surface area contributed by atoms with E-state index in [2.05, 4.69) is 43.4 Å². The molecule has 1 aromatic rings. The van der Waals surface area contributed by atoms with Crippen LogP contribution in [0.15, 0.2) is 29.2 Å². The first-order valence-electron chi connectivity index (χ1n) is 6.76. The zero-order valence-electron chi connectivity index (χ0n) is 11.7. The van der Waals surface area contributed by atoms with E-state index < -0.39 is 0 Å². The van der Waals surface area contributed by atoms with Crippen molar-refractivity contribution in [1.82, 2.24) is 5.32 Å². The molecule has 0 bridgehead atoms. The Morgan fingerprint density at radius 1 is 1.33 bits per heavy atom. The molecular formula is C15H25NOS. The second-order valence-corrected chi connectivity index (χ2v) is 5.53. The van der Waals surface area contributed by atoms with Gasteiger partial charge < -0.3 is 10.1 Å². The molecular weight excluding hydrogens is 242 g/mol. The topological polar surface area (TPSA) is 21.3 Å². The van der Waals surface area contributed by atoms with Crippen molar-refractivity contribution >= 4 is 11.8 Å². The van der Waals surface area contributed by atoms with Gasteiger partial charge >= 0.3 is 0 Å². The maximum atomic E-state index is 5.53. The molecule has 0 amide bonds. The Hall–Kier alpha value is -0.510. The molecule has 3 heteroatoms. The maximum absolute atomic E-state index is 5.53. The van der Waals surface area contributed by atoms with Crippen LogP contribution in [0.3, 0.4) is 0 Å². The smallest absolute Gasteiger partial charge is 0.0627 e. The van der Waals surface area contributed by atoms with Gasteiger partial charge in [0.2, 0.25) is 0 Å². The fourth-order valence-corrected chi connectivity index (χ4v) is 2.73.